The van der Waals surface area contributed by atoms with Gasteiger partial charge in [0.25, 0.3) is 5.91 Å². The zero-order chi connectivity index (χ0) is 17.8. The summed E-state index contributed by atoms with van der Waals surface area (Å²) in [5.41, 5.74) is 4.48. The van der Waals surface area contributed by atoms with Gasteiger partial charge in [0.15, 0.2) is 0 Å². The summed E-state index contributed by atoms with van der Waals surface area (Å²) in [6.07, 6.45) is 1.68. The smallest absolute Gasteiger partial charge is 0.258 e. The lowest BCUT2D eigenvalue weighted by Crippen LogP contribution is -2.13. The summed E-state index contributed by atoms with van der Waals surface area (Å²) >= 11 is 1.46. The van der Waals surface area contributed by atoms with E-state index in [-0.39, 0.29) is 5.91 Å². The number of pyridine rings is 1. The third-order valence-electron chi connectivity index (χ3n) is 3.81. The minimum absolute atomic E-state index is 0.171. The molecule has 0 aliphatic carbocycles. The molecule has 0 radical (unpaired) electrons. The molecular weight excluding hydrogens is 334 g/mol. The molecular formula is C19H19N3O2S. The van der Waals surface area contributed by atoms with E-state index in [1.165, 1.54) is 17.3 Å². The van der Waals surface area contributed by atoms with Gasteiger partial charge in [-0.25, -0.2) is 4.98 Å². The number of benzene rings is 1. The van der Waals surface area contributed by atoms with E-state index in [2.05, 4.69) is 15.5 Å². The van der Waals surface area contributed by atoms with Gasteiger partial charge in [-0.15, -0.1) is 0 Å². The molecule has 1 amide bonds. The summed E-state index contributed by atoms with van der Waals surface area (Å²) in [4.78, 5) is 17.0. The van der Waals surface area contributed by atoms with Crippen LogP contribution in [-0.2, 0) is 5.75 Å². The van der Waals surface area contributed by atoms with Crippen LogP contribution in [0.15, 0.2) is 52.1 Å². The molecule has 1 N–H and O–H groups in total. The van der Waals surface area contributed by atoms with Crippen molar-refractivity contribution in [1.82, 2.24) is 10.1 Å². The highest BCUT2D eigenvalue weighted by Gasteiger charge is 2.14. The van der Waals surface area contributed by atoms with E-state index in [9.17, 15) is 4.79 Å². The molecule has 2 heterocycles. The van der Waals surface area contributed by atoms with E-state index in [0.29, 0.717) is 16.3 Å². The molecule has 3 aromatic rings. The molecule has 0 bridgehead atoms. The minimum Gasteiger partial charge on any atom is -0.361 e. The highest BCUT2D eigenvalue weighted by atomic mass is 32.2. The third-order valence-corrected chi connectivity index (χ3v) is 4.85. The number of thioether (sulfide) groups is 1. The Balaban J connectivity index is 1.74. The maximum atomic E-state index is 12.6. The van der Waals surface area contributed by atoms with Gasteiger partial charge in [-0.3, -0.25) is 4.79 Å². The van der Waals surface area contributed by atoms with Crippen LogP contribution in [0.4, 0.5) is 5.69 Å². The highest BCUT2D eigenvalue weighted by Crippen LogP contribution is 2.25. The van der Waals surface area contributed by atoms with Crippen LogP contribution in [0.3, 0.4) is 0 Å². The second-order valence-electron chi connectivity index (χ2n) is 5.83. The predicted molar refractivity (Wildman–Crippen MR) is 98.9 cm³/mol. The number of carbonyl (C=O) groups excluding carboxylic acids is 1. The number of amides is 1. The van der Waals surface area contributed by atoms with E-state index in [0.717, 1.165) is 22.7 Å². The van der Waals surface area contributed by atoms with Gasteiger partial charge >= 0.3 is 0 Å². The Morgan fingerprint density at radius 3 is 2.72 bits per heavy atom. The number of aryl methyl sites for hydroxylation is 3. The van der Waals surface area contributed by atoms with Crippen molar-refractivity contribution in [3.8, 4) is 0 Å². The maximum absolute atomic E-state index is 12.6. The second-order valence-corrected chi connectivity index (χ2v) is 6.79. The number of rotatable bonds is 5. The number of aromatic nitrogens is 2. The molecule has 0 unspecified atom stereocenters. The van der Waals surface area contributed by atoms with Crippen LogP contribution >= 0.6 is 11.8 Å². The number of nitrogens with one attached hydrogen (secondary N) is 1. The van der Waals surface area contributed by atoms with Gasteiger partial charge in [0.2, 0.25) is 0 Å². The first-order chi connectivity index (χ1) is 12.0. The van der Waals surface area contributed by atoms with Crippen molar-refractivity contribution < 1.29 is 9.32 Å². The van der Waals surface area contributed by atoms with Gasteiger partial charge in [-0.1, -0.05) is 23.0 Å². The first-order valence-corrected chi connectivity index (χ1v) is 8.90. The first-order valence-electron chi connectivity index (χ1n) is 7.91. The van der Waals surface area contributed by atoms with E-state index in [4.69, 9.17) is 4.52 Å². The van der Waals surface area contributed by atoms with Crippen molar-refractivity contribution in [2.45, 2.75) is 31.6 Å². The Bertz CT molecular complexity index is 905. The molecule has 0 fully saturated rings. The van der Waals surface area contributed by atoms with Crippen molar-refractivity contribution in [3.63, 3.8) is 0 Å². The van der Waals surface area contributed by atoms with Crippen molar-refractivity contribution in [3.05, 3.63) is 70.7 Å². The highest BCUT2D eigenvalue weighted by molar-refractivity contribution is 7.98. The lowest BCUT2D eigenvalue weighted by atomic mass is 10.1. The first kappa shape index (κ1) is 17.2. The normalized spacial score (nSPS) is 10.7. The van der Waals surface area contributed by atoms with Gasteiger partial charge in [0.05, 0.1) is 11.3 Å². The van der Waals surface area contributed by atoms with Gasteiger partial charge in [-0.05, 0) is 56.2 Å². The molecule has 6 heteroatoms. The SMILES string of the molecule is Cc1cc(CSc2ncccc2C(=O)Nc2ccc(C)c(C)c2)no1. The molecule has 128 valence electrons. The van der Waals surface area contributed by atoms with Crippen LogP contribution < -0.4 is 5.32 Å². The number of hydrogen-bond donors (Lipinski definition) is 1. The summed E-state index contributed by atoms with van der Waals surface area (Å²) in [6, 6.07) is 11.3. The zero-order valence-electron chi connectivity index (χ0n) is 14.4. The quantitative estimate of drug-likeness (QED) is 0.682. The average molecular weight is 353 g/mol. The average Bonchev–Trinajstić information content (AvgIpc) is 3.02. The monoisotopic (exact) mass is 353 g/mol. The van der Waals surface area contributed by atoms with Gasteiger partial charge in [-0.2, -0.15) is 0 Å². The van der Waals surface area contributed by atoms with Crippen LogP contribution in [-0.4, -0.2) is 16.0 Å². The standard InChI is InChI=1S/C19H19N3O2S/c1-12-6-7-15(9-13(12)2)21-18(23)17-5-4-8-20-19(17)25-11-16-10-14(3)24-22-16/h4-10H,11H2,1-3H3,(H,21,23). The van der Waals surface area contributed by atoms with Crippen molar-refractivity contribution in [1.29, 1.82) is 0 Å². The number of carbonyl (C=O) groups is 1. The van der Waals surface area contributed by atoms with Crippen LogP contribution in [0.2, 0.25) is 0 Å². The zero-order valence-corrected chi connectivity index (χ0v) is 15.2. The van der Waals surface area contributed by atoms with Gasteiger partial charge in [0.1, 0.15) is 10.8 Å². The molecule has 5 nitrogen and oxygen atoms in total. The summed E-state index contributed by atoms with van der Waals surface area (Å²) in [7, 11) is 0. The predicted octanol–water partition coefficient (Wildman–Crippen LogP) is 4.54. The Labute approximate surface area is 150 Å². The topological polar surface area (TPSA) is 68.0 Å². The summed E-state index contributed by atoms with van der Waals surface area (Å²) < 4.78 is 5.07. The van der Waals surface area contributed by atoms with Gasteiger partial charge in [0, 0.05) is 23.7 Å². The fraction of sp³-hybridized carbons (Fsp3) is 0.211. The molecule has 0 spiro atoms. The maximum Gasteiger partial charge on any atom is 0.258 e. The molecule has 1 aromatic carbocycles. The second kappa shape index (κ2) is 7.53. The molecule has 0 aliphatic heterocycles. The van der Waals surface area contributed by atoms with Crippen LogP contribution in [0, 0.1) is 20.8 Å². The van der Waals surface area contributed by atoms with E-state index in [1.54, 1.807) is 18.3 Å². The number of hydrogen-bond acceptors (Lipinski definition) is 5. The van der Waals surface area contributed by atoms with E-state index >= 15 is 0 Å². The summed E-state index contributed by atoms with van der Waals surface area (Å²) in [6.45, 7) is 5.92. The van der Waals surface area contributed by atoms with Crippen molar-refractivity contribution in [2.24, 2.45) is 0 Å². The molecule has 0 atom stereocenters. The summed E-state index contributed by atoms with van der Waals surface area (Å²) in [5, 5.41) is 7.58. The van der Waals surface area contributed by atoms with Crippen LogP contribution in [0.1, 0.15) is 32.9 Å². The van der Waals surface area contributed by atoms with Gasteiger partial charge < -0.3 is 9.84 Å². The number of anilines is 1. The fourth-order valence-corrected chi connectivity index (χ4v) is 3.20. The van der Waals surface area contributed by atoms with E-state index in [1.807, 2.05) is 45.0 Å². The molecule has 3 rings (SSSR count). The molecule has 0 aliphatic rings. The molecule has 2 aromatic heterocycles. The Morgan fingerprint density at radius 1 is 1.16 bits per heavy atom. The van der Waals surface area contributed by atoms with E-state index < -0.39 is 0 Å². The van der Waals surface area contributed by atoms with Crippen molar-refractivity contribution in [2.75, 3.05) is 5.32 Å². The summed E-state index contributed by atoms with van der Waals surface area (Å²) in [5.74, 6) is 1.19. The Morgan fingerprint density at radius 2 is 2.00 bits per heavy atom. The molecule has 0 saturated carbocycles. The Kier molecular flexibility index (Phi) is 5.19. The fourth-order valence-electron chi connectivity index (χ4n) is 2.32. The Hall–Kier alpha value is -2.60. The number of nitrogens with zero attached hydrogens (tertiary/aromatic N) is 2. The van der Waals surface area contributed by atoms with Crippen molar-refractivity contribution >= 4 is 23.4 Å². The third kappa shape index (κ3) is 4.28. The van der Waals surface area contributed by atoms with Crippen LogP contribution in [0.5, 0.6) is 0 Å². The van der Waals surface area contributed by atoms with Crippen LogP contribution in [0.25, 0.3) is 0 Å². The molecule has 25 heavy (non-hydrogen) atoms. The lowest BCUT2D eigenvalue weighted by molar-refractivity contribution is 0.102. The lowest BCUT2D eigenvalue weighted by Gasteiger charge is -2.10. The minimum atomic E-state index is -0.171. The molecule has 0 saturated heterocycles. The largest absolute Gasteiger partial charge is 0.361 e.